The summed E-state index contributed by atoms with van der Waals surface area (Å²) in [5.74, 6) is 0.449. The molecule has 0 saturated heterocycles. The van der Waals surface area contributed by atoms with Crippen LogP contribution in [0.2, 0.25) is 0 Å². The van der Waals surface area contributed by atoms with E-state index >= 15 is 0 Å². The lowest BCUT2D eigenvalue weighted by Gasteiger charge is -2.16. The van der Waals surface area contributed by atoms with E-state index in [9.17, 15) is 18.0 Å². The molecule has 1 atom stereocenters. The van der Waals surface area contributed by atoms with E-state index in [-0.39, 0.29) is 24.5 Å². The van der Waals surface area contributed by atoms with Crippen LogP contribution in [0.15, 0.2) is 0 Å². The van der Waals surface area contributed by atoms with E-state index in [1.165, 1.54) is 0 Å². The zero-order chi connectivity index (χ0) is 13.5. The lowest BCUT2D eigenvalue weighted by molar-refractivity contribution is -0.137. The summed E-state index contributed by atoms with van der Waals surface area (Å²) in [5, 5.41) is 0. The number of alkyl halides is 3. The molecule has 0 heterocycles. The summed E-state index contributed by atoms with van der Waals surface area (Å²) in [4.78, 5) is 11.5. The second-order valence-corrected chi connectivity index (χ2v) is 4.94. The van der Waals surface area contributed by atoms with Crippen LogP contribution >= 0.6 is 0 Å². The van der Waals surface area contributed by atoms with Gasteiger partial charge in [-0.25, -0.2) is 0 Å². The van der Waals surface area contributed by atoms with Gasteiger partial charge in [0.25, 0.3) is 0 Å². The SMILES string of the molecule is CC(C)CC(CN)CC(=O)CCCC(F)(F)F. The monoisotopic (exact) mass is 253 g/mol. The van der Waals surface area contributed by atoms with E-state index < -0.39 is 12.6 Å². The second kappa shape index (κ2) is 7.69. The highest BCUT2D eigenvalue weighted by Gasteiger charge is 2.26. The van der Waals surface area contributed by atoms with Crippen LogP contribution in [0, 0.1) is 11.8 Å². The maximum atomic E-state index is 11.9. The molecule has 5 heteroatoms. The molecule has 0 bridgehead atoms. The van der Waals surface area contributed by atoms with Crippen LogP contribution in [0.4, 0.5) is 13.2 Å². The van der Waals surface area contributed by atoms with Crippen LogP contribution in [0.3, 0.4) is 0 Å². The van der Waals surface area contributed by atoms with Crippen LogP contribution in [0.1, 0.15) is 46.0 Å². The standard InChI is InChI=1S/C12H22F3NO/c1-9(2)6-10(8-16)7-11(17)4-3-5-12(13,14)15/h9-10H,3-8,16H2,1-2H3. The molecule has 0 rings (SSSR count). The van der Waals surface area contributed by atoms with Gasteiger partial charge < -0.3 is 5.73 Å². The third kappa shape index (κ3) is 10.3. The predicted octanol–water partition coefficient (Wildman–Crippen LogP) is 3.30. The summed E-state index contributed by atoms with van der Waals surface area (Å²) in [6.07, 6.45) is -3.98. The largest absolute Gasteiger partial charge is 0.389 e. The molecule has 0 fully saturated rings. The Kier molecular flexibility index (Phi) is 7.43. The molecule has 0 radical (unpaired) electrons. The molecule has 0 aliphatic carbocycles. The number of carbonyl (C=O) groups is 1. The van der Waals surface area contributed by atoms with E-state index in [2.05, 4.69) is 0 Å². The Balaban J connectivity index is 3.83. The van der Waals surface area contributed by atoms with Crippen LogP contribution < -0.4 is 5.73 Å². The zero-order valence-electron chi connectivity index (χ0n) is 10.5. The first-order valence-corrected chi connectivity index (χ1v) is 6.03. The minimum atomic E-state index is -4.16. The highest BCUT2D eigenvalue weighted by atomic mass is 19.4. The van der Waals surface area contributed by atoms with Gasteiger partial charge in [-0.2, -0.15) is 13.2 Å². The van der Waals surface area contributed by atoms with Gasteiger partial charge in [0.05, 0.1) is 0 Å². The first-order chi connectivity index (χ1) is 7.74. The first kappa shape index (κ1) is 16.4. The number of carbonyl (C=O) groups excluding carboxylic acids is 1. The second-order valence-electron chi connectivity index (χ2n) is 4.94. The Morgan fingerprint density at radius 2 is 1.88 bits per heavy atom. The van der Waals surface area contributed by atoms with Crippen molar-refractivity contribution in [3.63, 3.8) is 0 Å². The summed E-state index contributed by atoms with van der Waals surface area (Å²) in [5.41, 5.74) is 5.54. The van der Waals surface area contributed by atoms with Crippen molar-refractivity contribution in [2.75, 3.05) is 6.54 Å². The highest BCUT2D eigenvalue weighted by Crippen LogP contribution is 2.23. The van der Waals surface area contributed by atoms with Gasteiger partial charge in [-0.3, -0.25) is 4.79 Å². The van der Waals surface area contributed by atoms with Crippen molar-refractivity contribution in [3.05, 3.63) is 0 Å². The minimum Gasteiger partial charge on any atom is -0.330 e. The number of Topliss-reactive ketones (excluding diaryl/α,β-unsaturated/α-hetero) is 1. The van der Waals surface area contributed by atoms with E-state index in [0.29, 0.717) is 18.9 Å². The van der Waals surface area contributed by atoms with Crippen molar-refractivity contribution in [2.45, 2.75) is 52.1 Å². The van der Waals surface area contributed by atoms with Gasteiger partial charge in [0.1, 0.15) is 5.78 Å². The molecule has 0 aromatic heterocycles. The Morgan fingerprint density at radius 1 is 1.29 bits per heavy atom. The Hall–Kier alpha value is -0.580. The normalized spacial score (nSPS) is 14.1. The van der Waals surface area contributed by atoms with Gasteiger partial charge in [0.2, 0.25) is 0 Å². The van der Waals surface area contributed by atoms with Gasteiger partial charge in [-0.05, 0) is 31.2 Å². The number of hydrogen-bond donors (Lipinski definition) is 1. The van der Waals surface area contributed by atoms with E-state index in [1.54, 1.807) is 0 Å². The third-order valence-corrected chi connectivity index (χ3v) is 2.57. The van der Waals surface area contributed by atoms with E-state index in [1.807, 2.05) is 13.8 Å². The highest BCUT2D eigenvalue weighted by molar-refractivity contribution is 5.78. The molecule has 0 saturated carbocycles. The van der Waals surface area contributed by atoms with Gasteiger partial charge in [-0.1, -0.05) is 13.8 Å². The fraction of sp³-hybridized carbons (Fsp3) is 0.917. The predicted molar refractivity (Wildman–Crippen MR) is 61.5 cm³/mol. The van der Waals surface area contributed by atoms with E-state index in [0.717, 1.165) is 6.42 Å². The lowest BCUT2D eigenvalue weighted by Crippen LogP contribution is -2.20. The topological polar surface area (TPSA) is 43.1 Å². The van der Waals surface area contributed by atoms with Crippen LogP contribution in [-0.2, 0) is 4.79 Å². The van der Waals surface area contributed by atoms with Crippen LogP contribution in [0.25, 0.3) is 0 Å². The number of rotatable bonds is 8. The van der Waals surface area contributed by atoms with Crippen molar-refractivity contribution < 1.29 is 18.0 Å². The van der Waals surface area contributed by atoms with Crippen LogP contribution in [0.5, 0.6) is 0 Å². The molecule has 2 nitrogen and oxygen atoms in total. The fourth-order valence-corrected chi connectivity index (χ4v) is 1.84. The number of ketones is 1. The maximum absolute atomic E-state index is 11.9. The summed E-state index contributed by atoms with van der Waals surface area (Å²) in [6.45, 7) is 4.50. The quantitative estimate of drug-likeness (QED) is 0.721. The lowest BCUT2D eigenvalue weighted by atomic mass is 9.91. The molecule has 0 aliphatic heterocycles. The van der Waals surface area contributed by atoms with Gasteiger partial charge in [0.15, 0.2) is 0 Å². The summed E-state index contributed by atoms with van der Waals surface area (Å²) < 4.78 is 35.6. The summed E-state index contributed by atoms with van der Waals surface area (Å²) in [6, 6.07) is 0. The van der Waals surface area contributed by atoms with Crippen molar-refractivity contribution >= 4 is 5.78 Å². The molecule has 0 aromatic rings. The summed E-state index contributed by atoms with van der Waals surface area (Å²) >= 11 is 0. The fourth-order valence-electron chi connectivity index (χ4n) is 1.84. The average Bonchev–Trinajstić information content (AvgIpc) is 2.13. The first-order valence-electron chi connectivity index (χ1n) is 6.03. The molecule has 0 spiro atoms. The molecule has 2 N–H and O–H groups in total. The third-order valence-electron chi connectivity index (χ3n) is 2.57. The summed E-state index contributed by atoms with van der Waals surface area (Å²) in [7, 11) is 0. The van der Waals surface area contributed by atoms with Crippen molar-refractivity contribution in [1.29, 1.82) is 0 Å². The molecular formula is C12H22F3NO. The molecule has 0 aliphatic rings. The Bertz CT molecular complexity index is 226. The Labute approximate surface area is 101 Å². The van der Waals surface area contributed by atoms with Gasteiger partial charge in [-0.15, -0.1) is 0 Å². The van der Waals surface area contributed by atoms with Gasteiger partial charge in [0, 0.05) is 19.3 Å². The van der Waals surface area contributed by atoms with Crippen LogP contribution in [-0.4, -0.2) is 18.5 Å². The Morgan fingerprint density at radius 3 is 2.29 bits per heavy atom. The molecule has 0 amide bonds. The average molecular weight is 253 g/mol. The van der Waals surface area contributed by atoms with Gasteiger partial charge >= 0.3 is 6.18 Å². The molecule has 17 heavy (non-hydrogen) atoms. The zero-order valence-corrected chi connectivity index (χ0v) is 10.5. The molecular weight excluding hydrogens is 231 g/mol. The number of nitrogens with two attached hydrogens (primary N) is 1. The van der Waals surface area contributed by atoms with E-state index in [4.69, 9.17) is 5.73 Å². The number of hydrogen-bond acceptors (Lipinski definition) is 2. The molecule has 0 aromatic carbocycles. The van der Waals surface area contributed by atoms with Crippen molar-refractivity contribution in [3.8, 4) is 0 Å². The van der Waals surface area contributed by atoms with Crippen molar-refractivity contribution in [2.24, 2.45) is 17.6 Å². The smallest absolute Gasteiger partial charge is 0.330 e. The maximum Gasteiger partial charge on any atom is 0.389 e. The van der Waals surface area contributed by atoms with Crippen molar-refractivity contribution in [1.82, 2.24) is 0 Å². The minimum absolute atomic E-state index is 0.00804. The molecule has 102 valence electrons. The number of halogens is 3. The molecule has 1 unspecified atom stereocenters.